The molecule has 1 aromatic rings. The van der Waals surface area contributed by atoms with E-state index in [1.165, 1.54) is 12.8 Å². The fourth-order valence-electron chi connectivity index (χ4n) is 2.28. The Balaban J connectivity index is 1.56. The van der Waals surface area contributed by atoms with Gasteiger partial charge >= 0.3 is 0 Å². The van der Waals surface area contributed by atoms with Crippen LogP contribution in [0.1, 0.15) is 25.7 Å². The van der Waals surface area contributed by atoms with E-state index in [2.05, 4.69) is 14.9 Å². The van der Waals surface area contributed by atoms with Gasteiger partial charge in [0.25, 0.3) is 0 Å². The van der Waals surface area contributed by atoms with Crippen LogP contribution < -0.4 is 4.90 Å². The average molecular weight is 268 g/mol. The highest BCUT2D eigenvalue weighted by Crippen LogP contribution is 2.30. The van der Waals surface area contributed by atoms with Gasteiger partial charge in [0.1, 0.15) is 0 Å². The summed E-state index contributed by atoms with van der Waals surface area (Å²) in [6, 6.07) is 0. The van der Waals surface area contributed by atoms with E-state index in [4.69, 9.17) is 16.3 Å². The molecule has 2 aliphatic rings. The van der Waals surface area contributed by atoms with Crippen LogP contribution >= 0.6 is 11.6 Å². The van der Waals surface area contributed by atoms with Gasteiger partial charge in [0.15, 0.2) is 0 Å². The molecule has 1 saturated carbocycles. The smallest absolute Gasteiger partial charge is 0.225 e. The highest BCUT2D eigenvalue weighted by Gasteiger charge is 2.26. The minimum atomic E-state index is 0.332. The highest BCUT2D eigenvalue weighted by molar-refractivity contribution is 6.30. The molecule has 0 N–H and O–H groups in total. The van der Waals surface area contributed by atoms with Crippen LogP contribution in [0.4, 0.5) is 5.95 Å². The highest BCUT2D eigenvalue weighted by atomic mass is 35.5. The van der Waals surface area contributed by atoms with Crippen molar-refractivity contribution in [2.24, 2.45) is 5.92 Å². The van der Waals surface area contributed by atoms with Gasteiger partial charge in [-0.2, -0.15) is 0 Å². The SMILES string of the molecule is Clc1cnc(N2CCC[C@@H](OCC3CC3)C2)nc1. The van der Waals surface area contributed by atoms with Gasteiger partial charge in [-0.3, -0.25) is 0 Å². The number of halogens is 1. The van der Waals surface area contributed by atoms with Crippen LogP contribution in [-0.4, -0.2) is 35.8 Å². The van der Waals surface area contributed by atoms with Crippen LogP contribution in [0, 0.1) is 5.92 Å². The Morgan fingerprint density at radius 3 is 2.78 bits per heavy atom. The first-order chi connectivity index (χ1) is 8.81. The van der Waals surface area contributed by atoms with Crippen LogP contribution in [0.5, 0.6) is 0 Å². The van der Waals surface area contributed by atoms with Gasteiger partial charge in [-0.05, 0) is 31.6 Å². The Hall–Kier alpha value is -0.870. The summed E-state index contributed by atoms with van der Waals surface area (Å²) < 4.78 is 5.96. The molecule has 1 aliphatic carbocycles. The van der Waals surface area contributed by atoms with Crippen molar-refractivity contribution in [1.29, 1.82) is 0 Å². The lowest BCUT2D eigenvalue weighted by Gasteiger charge is -2.32. The number of nitrogens with zero attached hydrogens (tertiary/aromatic N) is 3. The summed E-state index contributed by atoms with van der Waals surface area (Å²) in [7, 11) is 0. The molecule has 2 heterocycles. The average Bonchev–Trinajstić information content (AvgIpc) is 3.22. The molecule has 1 atom stereocenters. The van der Waals surface area contributed by atoms with Gasteiger partial charge in [0, 0.05) is 19.7 Å². The fourth-order valence-corrected chi connectivity index (χ4v) is 2.38. The van der Waals surface area contributed by atoms with E-state index in [0.29, 0.717) is 11.1 Å². The largest absolute Gasteiger partial charge is 0.376 e. The fraction of sp³-hybridized carbons (Fsp3) is 0.692. The molecule has 0 unspecified atom stereocenters. The summed E-state index contributed by atoms with van der Waals surface area (Å²) in [5, 5.41) is 0.581. The van der Waals surface area contributed by atoms with Gasteiger partial charge in [-0.25, -0.2) is 9.97 Å². The normalized spacial score (nSPS) is 24.3. The molecular formula is C13H18ClN3O. The Kier molecular flexibility index (Phi) is 3.66. The first-order valence-corrected chi connectivity index (χ1v) is 7.03. The number of aromatic nitrogens is 2. The second-order valence-electron chi connectivity index (χ2n) is 5.19. The maximum atomic E-state index is 5.96. The van der Waals surface area contributed by atoms with Crippen molar-refractivity contribution in [3.05, 3.63) is 17.4 Å². The third-order valence-corrected chi connectivity index (χ3v) is 3.73. The predicted octanol–water partition coefficient (Wildman–Crippen LogP) is 2.53. The van der Waals surface area contributed by atoms with E-state index in [1.807, 2.05) is 0 Å². The van der Waals surface area contributed by atoms with Gasteiger partial charge in [-0.15, -0.1) is 0 Å². The van der Waals surface area contributed by atoms with Gasteiger partial charge in [-0.1, -0.05) is 11.6 Å². The summed E-state index contributed by atoms with van der Waals surface area (Å²) in [6.45, 7) is 2.83. The third-order valence-electron chi connectivity index (χ3n) is 3.53. The Bertz CT molecular complexity index is 394. The minimum absolute atomic E-state index is 0.332. The number of rotatable bonds is 4. The summed E-state index contributed by atoms with van der Waals surface area (Å²) >= 11 is 5.80. The van der Waals surface area contributed by atoms with E-state index in [-0.39, 0.29) is 0 Å². The monoisotopic (exact) mass is 267 g/mol. The lowest BCUT2D eigenvalue weighted by Crippen LogP contribution is -2.40. The van der Waals surface area contributed by atoms with Crippen LogP contribution in [0.25, 0.3) is 0 Å². The van der Waals surface area contributed by atoms with Crippen molar-refractivity contribution in [2.75, 3.05) is 24.6 Å². The van der Waals surface area contributed by atoms with E-state index in [9.17, 15) is 0 Å². The molecule has 0 radical (unpaired) electrons. The Morgan fingerprint density at radius 2 is 2.06 bits per heavy atom. The second-order valence-corrected chi connectivity index (χ2v) is 5.62. The summed E-state index contributed by atoms with van der Waals surface area (Å²) in [6.07, 6.45) is 8.61. The lowest BCUT2D eigenvalue weighted by molar-refractivity contribution is 0.0366. The van der Waals surface area contributed by atoms with E-state index in [1.54, 1.807) is 12.4 Å². The molecule has 98 valence electrons. The number of ether oxygens (including phenoxy) is 1. The van der Waals surface area contributed by atoms with Gasteiger partial charge in [0.2, 0.25) is 5.95 Å². The summed E-state index contributed by atoms with van der Waals surface area (Å²) in [5.41, 5.74) is 0. The standard InChI is InChI=1S/C13H18ClN3O/c14-11-6-15-13(16-7-11)17-5-1-2-12(8-17)18-9-10-3-4-10/h6-7,10,12H,1-5,8-9H2/t12-/m1/s1. The zero-order valence-corrected chi connectivity index (χ0v) is 11.1. The van der Waals surface area contributed by atoms with Crippen molar-refractivity contribution >= 4 is 17.5 Å². The molecule has 0 bridgehead atoms. The first-order valence-electron chi connectivity index (χ1n) is 6.65. The van der Waals surface area contributed by atoms with Gasteiger partial charge < -0.3 is 9.64 Å². The maximum Gasteiger partial charge on any atom is 0.225 e. The number of anilines is 1. The molecule has 4 nitrogen and oxygen atoms in total. The molecule has 18 heavy (non-hydrogen) atoms. The molecular weight excluding hydrogens is 250 g/mol. The zero-order valence-electron chi connectivity index (χ0n) is 10.4. The maximum absolute atomic E-state index is 5.96. The quantitative estimate of drug-likeness (QED) is 0.840. The van der Waals surface area contributed by atoms with Crippen molar-refractivity contribution in [3.63, 3.8) is 0 Å². The van der Waals surface area contributed by atoms with Crippen LogP contribution in [-0.2, 0) is 4.74 Å². The molecule has 0 amide bonds. The molecule has 3 rings (SSSR count). The van der Waals surface area contributed by atoms with Crippen LogP contribution in [0.3, 0.4) is 0 Å². The van der Waals surface area contributed by atoms with Gasteiger partial charge in [0.05, 0.1) is 23.5 Å². The van der Waals surface area contributed by atoms with E-state index < -0.39 is 0 Å². The topological polar surface area (TPSA) is 38.2 Å². The van der Waals surface area contributed by atoms with Crippen molar-refractivity contribution in [2.45, 2.75) is 31.8 Å². The zero-order chi connectivity index (χ0) is 12.4. The van der Waals surface area contributed by atoms with Crippen LogP contribution in [0.15, 0.2) is 12.4 Å². The number of hydrogen-bond acceptors (Lipinski definition) is 4. The van der Waals surface area contributed by atoms with E-state index >= 15 is 0 Å². The molecule has 1 aromatic heterocycles. The molecule has 1 saturated heterocycles. The first kappa shape index (κ1) is 12.2. The van der Waals surface area contributed by atoms with Crippen molar-refractivity contribution in [1.82, 2.24) is 9.97 Å². The number of piperidine rings is 1. The molecule has 1 aliphatic heterocycles. The van der Waals surface area contributed by atoms with Crippen LogP contribution in [0.2, 0.25) is 5.02 Å². The molecule has 5 heteroatoms. The molecule has 0 spiro atoms. The Labute approximate surface area is 112 Å². The molecule has 2 fully saturated rings. The lowest BCUT2D eigenvalue weighted by atomic mass is 10.1. The third kappa shape index (κ3) is 3.12. The number of hydrogen-bond donors (Lipinski definition) is 0. The van der Waals surface area contributed by atoms with Crippen molar-refractivity contribution in [3.8, 4) is 0 Å². The molecule has 0 aromatic carbocycles. The summed E-state index contributed by atoms with van der Waals surface area (Å²) in [4.78, 5) is 10.7. The summed E-state index contributed by atoms with van der Waals surface area (Å²) in [5.74, 6) is 1.59. The minimum Gasteiger partial charge on any atom is -0.376 e. The van der Waals surface area contributed by atoms with E-state index in [0.717, 1.165) is 44.4 Å². The van der Waals surface area contributed by atoms with Crippen molar-refractivity contribution < 1.29 is 4.74 Å². The Morgan fingerprint density at radius 1 is 1.28 bits per heavy atom. The predicted molar refractivity (Wildman–Crippen MR) is 71.0 cm³/mol. The second kappa shape index (κ2) is 5.41.